The molecule has 1 rings (SSSR count). The van der Waals surface area contributed by atoms with Crippen molar-refractivity contribution in [3.8, 4) is 0 Å². The van der Waals surface area contributed by atoms with Crippen LogP contribution >= 0.6 is 0 Å². The van der Waals surface area contributed by atoms with Crippen molar-refractivity contribution in [2.45, 2.75) is 33.4 Å². The lowest BCUT2D eigenvalue weighted by Gasteiger charge is -2.17. The molecule has 120 valence electrons. The van der Waals surface area contributed by atoms with Crippen molar-refractivity contribution in [1.29, 1.82) is 0 Å². The van der Waals surface area contributed by atoms with Crippen LogP contribution in [0.15, 0.2) is 18.2 Å². The number of hydrogen-bond donors (Lipinski definition) is 1. The van der Waals surface area contributed by atoms with Gasteiger partial charge >= 0.3 is 0 Å². The van der Waals surface area contributed by atoms with Crippen LogP contribution in [0.2, 0.25) is 0 Å². The topological polar surface area (TPSA) is 24.5 Å². The Balaban J connectivity index is 2.52. The van der Waals surface area contributed by atoms with E-state index in [1.54, 1.807) is 13.2 Å². The van der Waals surface area contributed by atoms with Crippen LogP contribution in [0.1, 0.15) is 31.4 Å². The molecule has 1 aromatic rings. The van der Waals surface area contributed by atoms with Crippen molar-refractivity contribution >= 4 is 0 Å². The van der Waals surface area contributed by atoms with Crippen LogP contribution in [0.4, 0.5) is 4.39 Å². The van der Waals surface area contributed by atoms with E-state index in [2.05, 4.69) is 24.1 Å². The van der Waals surface area contributed by atoms with E-state index in [0.29, 0.717) is 12.5 Å². The van der Waals surface area contributed by atoms with Crippen LogP contribution in [0.3, 0.4) is 0 Å². The maximum absolute atomic E-state index is 13.9. The minimum atomic E-state index is -0.124. The summed E-state index contributed by atoms with van der Waals surface area (Å²) in [6.45, 7) is 8.40. The SMILES string of the molecule is COCCCN(C)Cc1cc(CNCC(C)C)ccc1F. The maximum atomic E-state index is 13.9. The third-order valence-corrected chi connectivity index (χ3v) is 3.32. The van der Waals surface area contributed by atoms with Crippen molar-refractivity contribution in [3.05, 3.63) is 35.1 Å². The third kappa shape index (κ3) is 7.55. The fourth-order valence-electron chi connectivity index (χ4n) is 2.21. The van der Waals surface area contributed by atoms with E-state index >= 15 is 0 Å². The number of rotatable bonds is 10. The van der Waals surface area contributed by atoms with E-state index in [4.69, 9.17) is 4.74 Å². The van der Waals surface area contributed by atoms with Gasteiger partial charge in [-0.25, -0.2) is 4.39 Å². The zero-order valence-corrected chi connectivity index (χ0v) is 13.8. The number of benzene rings is 1. The Morgan fingerprint density at radius 2 is 2.10 bits per heavy atom. The second kappa shape index (κ2) is 9.87. The summed E-state index contributed by atoms with van der Waals surface area (Å²) in [4.78, 5) is 2.13. The third-order valence-electron chi connectivity index (χ3n) is 3.32. The minimum absolute atomic E-state index is 0.124. The summed E-state index contributed by atoms with van der Waals surface area (Å²) in [5.41, 5.74) is 1.90. The summed E-state index contributed by atoms with van der Waals surface area (Å²) in [6, 6.07) is 5.40. The molecule has 0 bridgehead atoms. The molecule has 0 amide bonds. The number of hydrogen-bond acceptors (Lipinski definition) is 3. The molecule has 1 aromatic carbocycles. The number of nitrogens with one attached hydrogen (secondary N) is 1. The fraction of sp³-hybridized carbons (Fsp3) is 0.647. The molecule has 0 aliphatic heterocycles. The Hall–Kier alpha value is -0.970. The second-order valence-electron chi connectivity index (χ2n) is 6.03. The average molecular weight is 296 g/mol. The first-order valence-electron chi connectivity index (χ1n) is 7.68. The molecule has 0 aromatic heterocycles. The number of nitrogens with zero attached hydrogens (tertiary/aromatic N) is 1. The zero-order valence-electron chi connectivity index (χ0n) is 13.8. The molecule has 4 heteroatoms. The highest BCUT2D eigenvalue weighted by Crippen LogP contribution is 2.13. The Morgan fingerprint density at radius 1 is 1.33 bits per heavy atom. The fourth-order valence-corrected chi connectivity index (χ4v) is 2.21. The van der Waals surface area contributed by atoms with E-state index in [1.807, 2.05) is 19.2 Å². The molecule has 0 aliphatic carbocycles. The van der Waals surface area contributed by atoms with Crippen molar-refractivity contribution in [2.24, 2.45) is 5.92 Å². The van der Waals surface area contributed by atoms with Crippen molar-refractivity contribution in [1.82, 2.24) is 10.2 Å². The molecule has 0 saturated carbocycles. The van der Waals surface area contributed by atoms with Crippen molar-refractivity contribution in [2.75, 3.05) is 33.9 Å². The van der Waals surface area contributed by atoms with Gasteiger partial charge in [0.05, 0.1) is 0 Å². The summed E-state index contributed by atoms with van der Waals surface area (Å²) in [6.07, 6.45) is 0.963. The van der Waals surface area contributed by atoms with Crippen molar-refractivity contribution in [3.63, 3.8) is 0 Å². The highest BCUT2D eigenvalue weighted by atomic mass is 19.1. The first-order valence-corrected chi connectivity index (χ1v) is 7.68. The lowest BCUT2D eigenvalue weighted by molar-refractivity contribution is 0.177. The van der Waals surface area contributed by atoms with Crippen LogP contribution in [-0.4, -0.2) is 38.8 Å². The molecule has 21 heavy (non-hydrogen) atoms. The van der Waals surface area contributed by atoms with Crippen LogP contribution in [-0.2, 0) is 17.8 Å². The predicted molar refractivity (Wildman–Crippen MR) is 85.8 cm³/mol. The number of halogens is 1. The Morgan fingerprint density at radius 3 is 2.76 bits per heavy atom. The molecule has 3 nitrogen and oxygen atoms in total. The molecule has 0 radical (unpaired) electrons. The number of ether oxygens (including phenoxy) is 1. The van der Waals surface area contributed by atoms with Gasteiger partial charge in [0.15, 0.2) is 0 Å². The normalized spacial score (nSPS) is 11.6. The lowest BCUT2D eigenvalue weighted by atomic mass is 10.1. The first kappa shape index (κ1) is 18.1. The molecule has 0 spiro atoms. The standard InChI is InChI=1S/C17H29FN2O/c1-14(2)11-19-12-15-6-7-17(18)16(10-15)13-20(3)8-5-9-21-4/h6-7,10,14,19H,5,8-9,11-13H2,1-4H3. The molecule has 0 fully saturated rings. The van der Waals surface area contributed by atoms with E-state index in [1.165, 1.54) is 0 Å². The van der Waals surface area contributed by atoms with Gasteiger partial charge in [0, 0.05) is 38.9 Å². The monoisotopic (exact) mass is 296 g/mol. The number of methoxy groups -OCH3 is 1. The van der Waals surface area contributed by atoms with E-state index in [-0.39, 0.29) is 5.82 Å². The van der Waals surface area contributed by atoms with Gasteiger partial charge in [0.1, 0.15) is 5.82 Å². The summed E-state index contributed by atoms with van der Waals surface area (Å²) in [5.74, 6) is 0.498. The summed E-state index contributed by atoms with van der Waals surface area (Å²) in [7, 11) is 3.71. The summed E-state index contributed by atoms with van der Waals surface area (Å²) < 4.78 is 18.9. The molecule has 1 N–H and O–H groups in total. The zero-order chi connectivity index (χ0) is 15.7. The molecular formula is C17H29FN2O. The van der Waals surface area contributed by atoms with Gasteiger partial charge in [-0.05, 0) is 37.6 Å². The quantitative estimate of drug-likeness (QED) is 0.672. The largest absolute Gasteiger partial charge is 0.385 e. The Kier molecular flexibility index (Phi) is 8.50. The van der Waals surface area contributed by atoms with E-state index in [9.17, 15) is 4.39 Å². The van der Waals surface area contributed by atoms with Crippen LogP contribution in [0, 0.1) is 11.7 Å². The second-order valence-corrected chi connectivity index (χ2v) is 6.03. The van der Waals surface area contributed by atoms with Gasteiger partial charge in [0.25, 0.3) is 0 Å². The Bertz CT molecular complexity index is 410. The van der Waals surface area contributed by atoms with E-state index < -0.39 is 0 Å². The van der Waals surface area contributed by atoms with Crippen molar-refractivity contribution < 1.29 is 9.13 Å². The van der Waals surface area contributed by atoms with Gasteiger partial charge in [-0.2, -0.15) is 0 Å². The van der Waals surface area contributed by atoms with Gasteiger partial charge in [-0.3, -0.25) is 0 Å². The predicted octanol–water partition coefficient (Wildman–Crippen LogP) is 3.04. The molecule has 0 unspecified atom stereocenters. The maximum Gasteiger partial charge on any atom is 0.127 e. The van der Waals surface area contributed by atoms with E-state index in [0.717, 1.165) is 43.8 Å². The lowest BCUT2D eigenvalue weighted by Crippen LogP contribution is -2.22. The molecular weight excluding hydrogens is 267 g/mol. The first-order chi connectivity index (χ1) is 10.0. The smallest absolute Gasteiger partial charge is 0.127 e. The highest BCUT2D eigenvalue weighted by molar-refractivity contribution is 5.25. The van der Waals surface area contributed by atoms with Gasteiger partial charge < -0.3 is 15.0 Å². The highest BCUT2D eigenvalue weighted by Gasteiger charge is 2.07. The molecule has 0 saturated heterocycles. The van der Waals surface area contributed by atoms with Crippen LogP contribution in [0.5, 0.6) is 0 Å². The minimum Gasteiger partial charge on any atom is -0.385 e. The van der Waals surface area contributed by atoms with Crippen LogP contribution in [0.25, 0.3) is 0 Å². The van der Waals surface area contributed by atoms with Gasteiger partial charge in [-0.1, -0.05) is 26.0 Å². The van der Waals surface area contributed by atoms with Gasteiger partial charge in [0.2, 0.25) is 0 Å². The molecule has 0 heterocycles. The average Bonchev–Trinajstić information content (AvgIpc) is 2.42. The molecule has 0 atom stereocenters. The Labute approximate surface area is 128 Å². The molecule has 0 aliphatic rings. The van der Waals surface area contributed by atoms with Gasteiger partial charge in [-0.15, -0.1) is 0 Å². The summed E-state index contributed by atoms with van der Waals surface area (Å²) in [5, 5.41) is 3.39. The summed E-state index contributed by atoms with van der Waals surface area (Å²) >= 11 is 0. The van der Waals surface area contributed by atoms with Crippen LogP contribution < -0.4 is 5.32 Å².